The molecule has 1 aromatic carbocycles. The Bertz CT molecular complexity index is 479. The van der Waals surface area contributed by atoms with Crippen LogP contribution in [0.2, 0.25) is 0 Å². The Morgan fingerprint density at radius 1 is 1.39 bits per heavy atom. The van der Waals surface area contributed by atoms with Crippen LogP contribution in [-0.4, -0.2) is 18.0 Å². The minimum absolute atomic E-state index is 0.278. The summed E-state index contributed by atoms with van der Waals surface area (Å²) in [6.45, 7) is 3.85. The van der Waals surface area contributed by atoms with Crippen LogP contribution in [0.4, 0.5) is 0 Å². The fourth-order valence-corrected chi connectivity index (χ4v) is 1.57. The molecule has 0 aliphatic rings. The van der Waals surface area contributed by atoms with Gasteiger partial charge in [0.25, 0.3) is 5.91 Å². The van der Waals surface area contributed by atoms with Crippen molar-refractivity contribution < 1.29 is 9.59 Å². The van der Waals surface area contributed by atoms with Crippen molar-refractivity contribution in [1.82, 2.24) is 0 Å². The van der Waals surface area contributed by atoms with Crippen LogP contribution >= 0.6 is 0 Å². The molecule has 0 unspecified atom stereocenters. The van der Waals surface area contributed by atoms with E-state index in [9.17, 15) is 9.59 Å². The Kier molecular flexibility index (Phi) is 5.24. The Hall–Kier alpha value is -1.97. The third-order valence-electron chi connectivity index (χ3n) is 2.64. The van der Waals surface area contributed by atoms with Crippen molar-refractivity contribution in [2.45, 2.75) is 33.1 Å². The smallest absolute Gasteiger partial charge is 0.276 e. The SMILES string of the molecule is CCCCC=NC(=O)c1ccc(C(N)=O)cc1C. The van der Waals surface area contributed by atoms with Crippen molar-refractivity contribution >= 4 is 18.0 Å². The second-order valence-corrected chi connectivity index (χ2v) is 4.15. The van der Waals surface area contributed by atoms with Gasteiger partial charge >= 0.3 is 0 Å². The number of aliphatic imine (C=N–C) groups is 1. The lowest BCUT2D eigenvalue weighted by Gasteiger charge is -2.03. The lowest BCUT2D eigenvalue weighted by Crippen LogP contribution is -2.12. The van der Waals surface area contributed by atoms with Crippen LogP contribution in [-0.2, 0) is 0 Å². The average Bonchev–Trinajstić information content (AvgIpc) is 2.34. The second kappa shape index (κ2) is 6.69. The number of carbonyl (C=O) groups is 2. The monoisotopic (exact) mass is 246 g/mol. The molecule has 4 nitrogen and oxygen atoms in total. The largest absolute Gasteiger partial charge is 0.366 e. The molecule has 0 aliphatic carbocycles. The lowest BCUT2D eigenvalue weighted by atomic mass is 10.0. The van der Waals surface area contributed by atoms with Crippen LogP contribution in [0.15, 0.2) is 23.2 Å². The van der Waals surface area contributed by atoms with Crippen LogP contribution < -0.4 is 5.73 Å². The molecule has 1 rings (SSSR count). The maximum absolute atomic E-state index is 11.8. The number of primary amides is 1. The highest BCUT2D eigenvalue weighted by Crippen LogP contribution is 2.12. The zero-order chi connectivity index (χ0) is 13.5. The predicted octanol–water partition coefficient (Wildman–Crippen LogP) is 2.50. The van der Waals surface area contributed by atoms with Gasteiger partial charge in [0, 0.05) is 17.3 Å². The molecular formula is C14H18N2O2. The Morgan fingerprint density at radius 2 is 2.11 bits per heavy atom. The first kappa shape index (κ1) is 14.1. The first-order chi connectivity index (χ1) is 8.56. The van der Waals surface area contributed by atoms with Crippen molar-refractivity contribution in [3.8, 4) is 0 Å². The number of hydrogen-bond acceptors (Lipinski definition) is 2. The van der Waals surface area contributed by atoms with Gasteiger partial charge in [-0.3, -0.25) is 9.59 Å². The maximum atomic E-state index is 11.8. The Balaban J connectivity index is 2.80. The number of rotatable bonds is 5. The zero-order valence-electron chi connectivity index (χ0n) is 10.8. The normalized spacial score (nSPS) is 10.8. The number of hydrogen-bond donors (Lipinski definition) is 1. The highest BCUT2D eigenvalue weighted by atomic mass is 16.1. The summed E-state index contributed by atoms with van der Waals surface area (Å²) < 4.78 is 0. The van der Waals surface area contributed by atoms with E-state index in [1.807, 2.05) is 0 Å². The minimum atomic E-state index is -0.497. The summed E-state index contributed by atoms with van der Waals surface area (Å²) in [6, 6.07) is 4.75. The summed E-state index contributed by atoms with van der Waals surface area (Å²) in [6.07, 6.45) is 4.55. The first-order valence-electron chi connectivity index (χ1n) is 6.03. The van der Waals surface area contributed by atoms with Crippen LogP contribution in [0.1, 0.15) is 52.5 Å². The summed E-state index contributed by atoms with van der Waals surface area (Å²) in [5, 5.41) is 0. The third-order valence-corrected chi connectivity index (χ3v) is 2.64. The fraction of sp³-hybridized carbons (Fsp3) is 0.357. The van der Waals surface area contributed by atoms with E-state index in [2.05, 4.69) is 11.9 Å². The molecule has 0 bridgehead atoms. The maximum Gasteiger partial charge on any atom is 0.276 e. The number of amides is 2. The highest BCUT2D eigenvalue weighted by molar-refractivity contribution is 6.01. The quantitative estimate of drug-likeness (QED) is 0.640. The highest BCUT2D eigenvalue weighted by Gasteiger charge is 2.09. The lowest BCUT2D eigenvalue weighted by molar-refractivity contribution is 0.0989. The zero-order valence-corrected chi connectivity index (χ0v) is 10.8. The van der Waals surface area contributed by atoms with E-state index in [0.717, 1.165) is 19.3 Å². The number of carbonyl (C=O) groups excluding carboxylic acids is 2. The number of nitrogens with zero attached hydrogens (tertiary/aromatic N) is 1. The molecule has 0 saturated heterocycles. The van der Waals surface area contributed by atoms with Gasteiger partial charge in [0.05, 0.1) is 0 Å². The topological polar surface area (TPSA) is 72.5 Å². The molecule has 4 heteroatoms. The van der Waals surface area contributed by atoms with Gasteiger partial charge in [0.15, 0.2) is 0 Å². The number of benzene rings is 1. The molecule has 18 heavy (non-hydrogen) atoms. The van der Waals surface area contributed by atoms with E-state index in [1.165, 1.54) is 0 Å². The standard InChI is InChI=1S/C14H18N2O2/c1-3-4-5-8-16-14(18)12-7-6-11(13(15)17)9-10(12)2/h6-9H,3-5H2,1-2H3,(H2,15,17). The van der Waals surface area contributed by atoms with Gasteiger partial charge in [-0.05, 0) is 43.5 Å². The van der Waals surface area contributed by atoms with Crippen molar-refractivity contribution in [3.63, 3.8) is 0 Å². The molecule has 0 radical (unpaired) electrons. The molecule has 0 fully saturated rings. The molecule has 2 N–H and O–H groups in total. The van der Waals surface area contributed by atoms with Gasteiger partial charge < -0.3 is 5.73 Å². The van der Waals surface area contributed by atoms with Crippen molar-refractivity contribution in [3.05, 3.63) is 34.9 Å². The third kappa shape index (κ3) is 3.80. The minimum Gasteiger partial charge on any atom is -0.366 e. The fourth-order valence-electron chi connectivity index (χ4n) is 1.57. The Morgan fingerprint density at radius 3 is 2.67 bits per heavy atom. The van der Waals surface area contributed by atoms with Gasteiger partial charge in [-0.1, -0.05) is 13.3 Å². The van der Waals surface area contributed by atoms with Crippen LogP contribution in [0.25, 0.3) is 0 Å². The summed E-state index contributed by atoms with van der Waals surface area (Å²) in [5.74, 6) is -0.775. The van der Waals surface area contributed by atoms with E-state index in [-0.39, 0.29) is 5.91 Å². The molecule has 0 aromatic heterocycles. The summed E-state index contributed by atoms with van der Waals surface area (Å²) in [7, 11) is 0. The van der Waals surface area contributed by atoms with E-state index < -0.39 is 5.91 Å². The van der Waals surface area contributed by atoms with Crippen molar-refractivity contribution in [2.24, 2.45) is 10.7 Å². The van der Waals surface area contributed by atoms with Crippen LogP contribution in [0, 0.1) is 6.92 Å². The van der Waals surface area contributed by atoms with Crippen LogP contribution in [0.5, 0.6) is 0 Å². The summed E-state index contributed by atoms with van der Waals surface area (Å²) in [5.41, 5.74) is 6.79. The van der Waals surface area contributed by atoms with Crippen molar-refractivity contribution in [2.75, 3.05) is 0 Å². The van der Waals surface area contributed by atoms with Gasteiger partial charge in [-0.2, -0.15) is 0 Å². The number of unbranched alkanes of at least 4 members (excludes halogenated alkanes) is 2. The first-order valence-corrected chi connectivity index (χ1v) is 6.03. The molecule has 0 heterocycles. The molecule has 0 spiro atoms. The number of aryl methyl sites for hydroxylation is 1. The predicted molar refractivity (Wildman–Crippen MR) is 72.0 cm³/mol. The molecule has 0 atom stereocenters. The second-order valence-electron chi connectivity index (χ2n) is 4.15. The average molecular weight is 246 g/mol. The molecule has 1 aromatic rings. The van der Waals surface area contributed by atoms with E-state index in [4.69, 9.17) is 5.73 Å². The molecule has 96 valence electrons. The number of nitrogens with two attached hydrogens (primary N) is 1. The van der Waals surface area contributed by atoms with Gasteiger partial charge in [-0.25, -0.2) is 4.99 Å². The summed E-state index contributed by atoms with van der Waals surface area (Å²) >= 11 is 0. The van der Waals surface area contributed by atoms with Gasteiger partial charge in [0.1, 0.15) is 0 Å². The molecular weight excluding hydrogens is 228 g/mol. The van der Waals surface area contributed by atoms with Crippen molar-refractivity contribution in [1.29, 1.82) is 0 Å². The van der Waals surface area contributed by atoms with E-state index in [0.29, 0.717) is 16.7 Å². The molecule has 0 aliphatic heterocycles. The van der Waals surface area contributed by atoms with Crippen LogP contribution in [0.3, 0.4) is 0 Å². The molecule has 0 saturated carbocycles. The Labute approximate surface area is 107 Å². The van der Waals surface area contributed by atoms with Gasteiger partial charge in [0.2, 0.25) is 5.91 Å². The molecule has 2 amide bonds. The summed E-state index contributed by atoms with van der Waals surface area (Å²) in [4.78, 5) is 26.7. The van der Waals surface area contributed by atoms with E-state index >= 15 is 0 Å². The van der Waals surface area contributed by atoms with E-state index in [1.54, 1.807) is 31.3 Å². The van der Waals surface area contributed by atoms with Gasteiger partial charge in [-0.15, -0.1) is 0 Å².